The molecule has 1 aromatic carbocycles. The van der Waals surface area contributed by atoms with Gasteiger partial charge < -0.3 is 5.73 Å². The van der Waals surface area contributed by atoms with Gasteiger partial charge in [0.25, 0.3) is 0 Å². The van der Waals surface area contributed by atoms with Gasteiger partial charge in [0.05, 0.1) is 5.69 Å². The number of halogens is 1. The molecule has 0 heterocycles. The largest absolute Gasteiger partial charge is 0.325 e. The van der Waals surface area contributed by atoms with Gasteiger partial charge in [-0.25, -0.2) is 0 Å². The third-order valence-electron chi connectivity index (χ3n) is 1.82. The fourth-order valence-electron chi connectivity index (χ4n) is 1.32. The molecule has 0 aliphatic rings. The van der Waals surface area contributed by atoms with Crippen LogP contribution in [-0.2, 0) is 6.42 Å². The van der Waals surface area contributed by atoms with Crippen molar-refractivity contribution in [1.29, 1.82) is 0 Å². The lowest BCUT2D eigenvalue weighted by atomic mass is 9.96. The number of hydrogen-bond acceptors (Lipinski definition) is 2. The molecule has 0 spiro atoms. The summed E-state index contributed by atoms with van der Waals surface area (Å²) in [6.07, 6.45) is 0.805. The lowest BCUT2D eigenvalue weighted by molar-refractivity contribution is 0.516. The highest BCUT2D eigenvalue weighted by Crippen LogP contribution is 2.24. The molecule has 0 unspecified atom stereocenters. The molecule has 2 N–H and O–H groups in total. The Morgan fingerprint density at radius 3 is 2.67 bits per heavy atom. The van der Waals surface area contributed by atoms with E-state index in [-0.39, 0.29) is 5.54 Å². The van der Waals surface area contributed by atoms with Crippen molar-refractivity contribution in [3.8, 4) is 0 Å². The van der Waals surface area contributed by atoms with Gasteiger partial charge in [-0.2, -0.15) is 0 Å². The smallest absolute Gasteiger partial charge is 0.0509 e. The molecule has 0 saturated heterocycles. The molecule has 5 heteroatoms. The van der Waals surface area contributed by atoms with Crippen molar-refractivity contribution in [1.82, 2.24) is 0 Å². The van der Waals surface area contributed by atoms with Crippen molar-refractivity contribution in [2.75, 3.05) is 0 Å². The number of azide groups is 1. The highest BCUT2D eigenvalue weighted by Gasteiger charge is 2.12. The van der Waals surface area contributed by atoms with Crippen LogP contribution in [0.2, 0.25) is 0 Å². The van der Waals surface area contributed by atoms with E-state index < -0.39 is 0 Å². The van der Waals surface area contributed by atoms with Crippen LogP contribution in [0.5, 0.6) is 0 Å². The molecule has 0 aliphatic heterocycles. The topological polar surface area (TPSA) is 74.8 Å². The minimum absolute atomic E-state index is 0.219. The second-order valence-corrected chi connectivity index (χ2v) is 5.30. The van der Waals surface area contributed by atoms with Crippen LogP contribution in [0, 0.1) is 3.57 Å². The Balaban J connectivity index is 2.96. The summed E-state index contributed by atoms with van der Waals surface area (Å²) in [6, 6.07) is 5.77. The molecule has 0 atom stereocenters. The zero-order valence-corrected chi connectivity index (χ0v) is 10.9. The predicted octanol–water partition coefficient (Wildman–Crippen LogP) is 3.51. The van der Waals surface area contributed by atoms with Gasteiger partial charge >= 0.3 is 0 Å². The summed E-state index contributed by atoms with van der Waals surface area (Å²) >= 11 is 2.16. The van der Waals surface area contributed by atoms with Crippen molar-refractivity contribution < 1.29 is 0 Å². The Bertz CT molecular complexity index is 402. The summed E-state index contributed by atoms with van der Waals surface area (Å²) in [7, 11) is 0. The van der Waals surface area contributed by atoms with Gasteiger partial charge in [0.15, 0.2) is 0 Å². The van der Waals surface area contributed by atoms with Crippen LogP contribution in [-0.4, -0.2) is 5.54 Å². The molecule has 1 rings (SSSR count). The lowest BCUT2D eigenvalue weighted by Gasteiger charge is -2.18. The molecule has 0 radical (unpaired) electrons. The van der Waals surface area contributed by atoms with E-state index in [2.05, 4.69) is 32.6 Å². The Hall–Kier alpha value is -0.780. The summed E-state index contributed by atoms with van der Waals surface area (Å²) < 4.78 is 0.951. The van der Waals surface area contributed by atoms with Crippen LogP contribution in [0.1, 0.15) is 19.4 Å². The monoisotopic (exact) mass is 316 g/mol. The van der Waals surface area contributed by atoms with Crippen LogP contribution >= 0.6 is 22.6 Å². The summed E-state index contributed by atoms with van der Waals surface area (Å²) in [5, 5.41) is 3.59. The first kappa shape index (κ1) is 12.3. The SMILES string of the molecule is CC(C)(N)Cc1ccc(N=[N+]=[N-])c(I)c1. The van der Waals surface area contributed by atoms with E-state index in [1.807, 2.05) is 32.0 Å². The van der Waals surface area contributed by atoms with E-state index in [0.717, 1.165) is 15.6 Å². The van der Waals surface area contributed by atoms with E-state index in [9.17, 15) is 0 Å². The summed E-state index contributed by atoms with van der Waals surface area (Å²) in [4.78, 5) is 2.77. The normalized spacial score (nSPS) is 10.9. The Labute approximate surface area is 103 Å². The molecule has 0 bridgehead atoms. The van der Waals surface area contributed by atoms with Crippen LogP contribution in [0.3, 0.4) is 0 Å². The average molecular weight is 316 g/mol. The minimum Gasteiger partial charge on any atom is -0.325 e. The maximum Gasteiger partial charge on any atom is 0.0509 e. The van der Waals surface area contributed by atoms with Crippen molar-refractivity contribution in [3.05, 3.63) is 37.8 Å². The lowest BCUT2D eigenvalue weighted by Crippen LogP contribution is -2.34. The van der Waals surface area contributed by atoms with Crippen LogP contribution < -0.4 is 5.73 Å². The van der Waals surface area contributed by atoms with Gasteiger partial charge in [-0.15, -0.1) is 0 Å². The highest BCUT2D eigenvalue weighted by atomic mass is 127. The quantitative estimate of drug-likeness (QED) is 0.394. The summed E-state index contributed by atoms with van der Waals surface area (Å²) in [6.45, 7) is 3.97. The minimum atomic E-state index is -0.219. The zero-order chi connectivity index (χ0) is 11.5. The van der Waals surface area contributed by atoms with E-state index in [0.29, 0.717) is 5.69 Å². The number of nitrogens with two attached hydrogens (primary N) is 1. The van der Waals surface area contributed by atoms with Crippen LogP contribution in [0.25, 0.3) is 10.4 Å². The first-order valence-electron chi connectivity index (χ1n) is 4.55. The Morgan fingerprint density at radius 2 is 2.20 bits per heavy atom. The van der Waals surface area contributed by atoms with Gasteiger partial charge in [0.1, 0.15) is 0 Å². The third kappa shape index (κ3) is 4.07. The highest BCUT2D eigenvalue weighted by molar-refractivity contribution is 14.1. The summed E-state index contributed by atoms with van der Waals surface area (Å²) in [5.41, 5.74) is 15.9. The van der Waals surface area contributed by atoms with Crippen molar-refractivity contribution in [2.45, 2.75) is 25.8 Å². The second-order valence-electron chi connectivity index (χ2n) is 4.14. The molecule has 0 aliphatic carbocycles. The fourth-order valence-corrected chi connectivity index (χ4v) is 2.00. The molecule has 15 heavy (non-hydrogen) atoms. The molecule has 0 saturated carbocycles. The van der Waals surface area contributed by atoms with Gasteiger partial charge in [-0.05, 0) is 60.0 Å². The summed E-state index contributed by atoms with van der Waals surface area (Å²) in [5.74, 6) is 0. The maximum atomic E-state index is 8.33. The molecular weight excluding hydrogens is 303 g/mol. The fraction of sp³-hybridized carbons (Fsp3) is 0.400. The first-order chi connectivity index (χ1) is 6.92. The Morgan fingerprint density at radius 1 is 1.53 bits per heavy atom. The predicted molar refractivity (Wildman–Crippen MR) is 69.9 cm³/mol. The molecule has 80 valence electrons. The van der Waals surface area contributed by atoms with Crippen molar-refractivity contribution >= 4 is 28.3 Å². The third-order valence-corrected chi connectivity index (χ3v) is 2.69. The van der Waals surface area contributed by atoms with Gasteiger partial charge in [0.2, 0.25) is 0 Å². The van der Waals surface area contributed by atoms with Crippen LogP contribution in [0.4, 0.5) is 5.69 Å². The van der Waals surface area contributed by atoms with Gasteiger partial charge in [-0.1, -0.05) is 17.2 Å². The molecule has 1 aromatic rings. The molecule has 0 aromatic heterocycles. The number of rotatable bonds is 3. The van der Waals surface area contributed by atoms with Crippen molar-refractivity contribution in [3.63, 3.8) is 0 Å². The van der Waals surface area contributed by atoms with E-state index in [1.54, 1.807) is 0 Å². The number of hydrogen-bond donors (Lipinski definition) is 1. The molecule has 4 nitrogen and oxygen atoms in total. The average Bonchev–Trinajstić information content (AvgIpc) is 2.07. The van der Waals surface area contributed by atoms with Crippen molar-refractivity contribution in [2.24, 2.45) is 10.8 Å². The van der Waals surface area contributed by atoms with Gasteiger partial charge in [0, 0.05) is 14.0 Å². The molecule has 0 fully saturated rings. The maximum absolute atomic E-state index is 8.33. The van der Waals surface area contributed by atoms with E-state index in [4.69, 9.17) is 11.3 Å². The molecule has 0 amide bonds. The van der Waals surface area contributed by atoms with E-state index in [1.165, 1.54) is 0 Å². The van der Waals surface area contributed by atoms with Gasteiger partial charge in [-0.3, -0.25) is 0 Å². The Kier molecular flexibility index (Phi) is 3.96. The van der Waals surface area contributed by atoms with E-state index >= 15 is 0 Å². The first-order valence-corrected chi connectivity index (χ1v) is 5.63. The number of benzene rings is 1. The second kappa shape index (κ2) is 4.83. The van der Waals surface area contributed by atoms with Crippen LogP contribution in [0.15, 0.2) is 23.3 Å². The molecular formula is C10H13IN4. The standard InChI is InChI=1S/C10H13IN4/c1-10(2,12)6-7-3-4-9(14-15-13)8(11)5-7/h3-5H,6,12H2,1-2H3. The zero-order valence-electron chi connectivity index (χ0n) is 8.74. The number of nitrogens with zero attached hydrogens (tertiary/aromatic N) is 3.